The van der Waals surface area contributed by atoms with Gasteiger partial charge in [-0.15, -0.1) is 0 Å². The van der Waals surface area contributed by atoms with E-state index in [0.29, 0.717) is 22.5 Å². The number of aromatic nitrogens is 2. The summed E-state index contributed by atoms with van der Waals surface area (Å²) in [6, 6.07) is 7.22. The first-order valence-corrected chi connectivity index (χ1v) is 9.93. The third kappa shape index (κ3) is 3.13. The molecule has 0 radical (unpaired) electrons. The van der Waals surface area contributed by atoms with Gasteiger partial charge in [-0.1, -0.05) is 51.0 Å². The van der Waals surface area contributed by atoms with E-state index in [-0.39, 0.29) is 11.6 Å². The van der Waals surface area contributed by atoms with Crippen LogP contribution >= 0.6 is 0 Å². The third-order valence-corrected chi connectivity index (χ3v) is 5.36. The van der Waals surface area contributed by atoms with Crippen LogP contribution in [0.15, 0.2) is 24.3 Å². The molecule has 0 amide bonds. The largest absolute Gasteiger partial charge is 0.284 e. The highest BCUT2D eigenvalue weighted by Gasteiger charge is 2.42. The fourth-order valence-corrected chi connectivity index (χ4v) is 3.91. The Morgan fingerprint density at radius 1 is 0.885 bits per heavy atom. The van der Waals surface area contributed by atoms with Gasteiger partial charge in [-0.3, -0.25) is 9.59 Å². The topological polar surface area (TPSA) is 43.0 Å². The molecule has 1 aromatic carbocycles. The van der Waals surface area contributed by atoms with Gasteiger partial charge in [0.15, 0.2) is 0 Å². The summed E-state index contributed by atoms with van der Waals surface area (Å²) in [5, 5.41) is 0. The van der Waals surface area contributed by atoms with Crippen molar-refractivity contribution < 1.29 is 14.2 Å². The smallest absolute Gasteiger partial charge is 0.254 e. The number of rotatable bonds is 8. The van der Waals surface area contributed by atoms with Crippen LogP contribution < -0.4 is 4.57 Å². The zero-order valence-electron chi connectivity index (χ0n) is 16.2. The van der Waals surface area contributed by atoms with E-state index >= 15 is 0 Å². The van der Waals surface area contributed by atoms with Gasteiger partial charge in [0.2, 0.25) is 23.0 Å². The molecule has 0 N–H and O–H groups in total. The van der Waals surface area contributed by atoms with E-state index in [1.165, 1.54) is 0 Å². The van der Waals surface area contributed by atoms with Gasteiger partial charge in [0.25, 0.3) is 5.82 Å². The van der Waals surface area contributed by atoms with Crippen LogP contribution in [0.5, 0.6) is 0 Å². The monoisotopic (exact) mass is 353 g/mol. The lowest BCUT2D eigenvalue weighted by atomic mass is 9.90. The first-order valence-electron chi connectivity index (χ1n) is 9.93. The van der Waals surface area contributed by atoms with E-state index in [4.69, 9.17) is 0 Å². The molecule has 1 aliphatic rings. The normalized spacial score (nSPS) is 13.0. The van der Waals surface area contributed by atoms with Crippen molar-refractivity contribution in [2.45, 2.75) is 72.4 Å². The molecular weight excluding hydrogens is 324 g/mol. The highest BCUT2D eigenvalue weighted by Crippen LogP contribution is 2.27. The first-order chi connectivity index (χ1) is 12.6. The van der Waals surface area contributed by atoms with Crippen molar-refractivity contribution in [3.8, 4) is 0 Å². The minimum Gasteiger partial charge on any atom is -0.284 e. The number of nitrogens with zero attached hydrogens (tertiary/aromatic N) is 2. The van der Waals surface area contributed by atoms with Gasteiger partial charge in [-0.25, -0.2) is 9.13 Å². The highest BCUT2D eigenvalue weighted by atomic mass is 16.1. The third-order valence-electron chi connectivity index (χ3n) is 5.36. The minimum absolute atomic E-state index is 0.0101. The number of hydrogen-bond donors (Lipinski definition) is 0. The quantitative estimate of drug-likeness (QED) is 0.449. The van der Waals surface area contributed by atoms with Crippen LogP contribution in [0.3, 0.4) is 0 Å². The molecule has 4 heteroatoms. The van der Waals surface area contributed by atoms with Crippen molar-refractivity contribution in [3.05, 3.63) is 52.6 Å². The zero-order chi connectivity index (χ0) is 18.7. The Morgan fingerprint density at radius 2 is 1.50 bits per heavy atom. The van der Waals surface area contributed by atoms with Crippen LogP contribution in [-0.4, -0.2) is 16.1 Å². The molecule has 0 aliphatic heterocycles. The lowest BCUT2D eigenvalue weighted by Gasteiger charge is -2.13. The Bertz CT molecular complexity index is 766. The molecule has 1 heterocycles. The number of carbonyl (C=O) groups excluding carboxylic acids is 2. The molecule has 0 atom stereocenters. The summed E-state index contributed by atoms with van der Waals surface area (Å²) in [5.74, 6) is 1.00. The fourth-order valence-electron chi connectivity index (χ4n) is 3.91. The number of unbranched alkanes of at least 4 members (excludes halogenated alkanes) is 4. The predicted octanol–water partition coefficient (Wildman–Crippen LogP) is 4.24. The van der Waals surface area contributed by atoms with Crippen molar-refractivity contribution >= 4 is 11.6 Å². The maximum atomic E-state index is 13.2. The van der Waals surface area contributed by atoms with Gasteiger partial charge in [0, 0.05) is 18.1 Å². The maximum absolute atomic E-state index is 13.2. The molecule has 138 valence electrons. The summed E-state index contributed by atoms with van der Waals surface area (Å²) >= 11 is 0. The van der Waals surface area contributed by atoms with Gasteiger partial charge >= 0.3 is 0 Å². The average molecular weight is 353 g/mol. The second kappa shape index (κ2) is 7.98. The van der Waals surface area contributed by atoms with Crippen LogP contribution in [0.1, 0.15) is 90.3 Å². The van der Waals surface area contributed by atoms with Crippen molar-refractivity contribution in [2.24, 2.45) is 0 Å². The number of carbonyl (C=O) groups is 2. The second-order valence-electron chi connectivity index (χ2n) is 7.17. The molecule has 1 aromatic heterocycles. The molecule has 0 saturated heterocycles. The lowest BCUT2D eigenvalue weighted by molar-refractivity contribution is -0.704. The minimum atomic E-state index is -0.0101. The zero-order valence-corrected chi connectivity index (χ0v) is 16.2. The van der Waals surface area contributed by atoms with Crippen LogP contribution in [0.2, 0.25) is 0 Å². The lowest BCUT2D eigenvalue weighted by Crippen LogP contribution is -2.43. The Labute approximate surface area is 155 Å². The van der Waals surface area contributed by atoms with Crippen LogP contribution in [0, 0.1) is 6.92 Å². The van der Waals surface area contributed by atoms with Gasteiger partial charge in [0.05, 0.1) is 13.1 Å². The molecule has 4 nitrogen and oxygen atoms in total. The number of hydrogen-bond acceptors (Lipinski definition) is 2. The van der Waals surface area contributed by atoms with E-state index < -0.39 is 0 Å². The molecule has 0 saturated carbocycles. The number of imidazole rings is 1. The average Bonchev–Trinajstić information content (AvgIpc) is 2.93. The summed E-state index contributed by atoms with van der Waals surface area (Å²) in [7, 11) is 0. The fraction of sp³-hybridized carbons (Fsp3) is 0.500. The van der Waals surface area contributed by atoms with Crippen molar-refractivity contribution in [1.29, 1.82) is 0 Å². The molecule has 26 heavy (non-hydrogen) atoms. The van der Waals surface area contributed by atoms with Crippen LogP contribution in [0.4, 0.5) is 0 Å². The first kappa shape index (κ1) is 18.6. The molecular formula is C22H29N2O2+. The van der Waals surface area contributed by atoms with Gasteiger partial charge in [0.1, 0.15) is 0 Å². The van der Waals surface area contributed by atoms with Crippen molar-refractivity contribution in [2.75, 3.05) is 0 Å². The number of ketones is 2. The Hall–Kier alpha value is -2.23. The molecule has 0 spiro atoms. The highest BCUT2D eigenvalue weighted by molar-refractivity contribution is 6.26. The molecule has 2 aromatic rings. The van der Waals surface area contributed by atoms with E-state index in [1.807, 2.05) is 19.1 Å². The van der Waals surface area contributed by atoms with Gasteiger partial charge in [-0.2, -0.15) is 0 Å². The summed E-state index contributed by atoms with van der Waals surface area (Å²) < 4.78 is 4.18. The predicted molar refractivity (Wildman–Crippen MR) is 102 cm³/mol. The Morgan fingerprint density at radius 3 is 2.15 bits per heavy atom. The van der Waals surface area contributed by atoms with Crippen LogP contribution in [-0.2, 0) is 13.1 Å². The summed E-state index contributed by atoms with van der Waals surface area (Å²) in [6.07, 6.45) is 6.57. The molecule has 1 aliphatic carbocycles. The number of benzene rings is 1. The van der Waals surface area contributed by atoms with E-state index in [0.717, 1.165) is 57.4 Å². The standard InChI is InChI=1S/C22H29N2O2/c1-4-6-10-14-23-16(3)24(15-11-7-5-2)20-19(23)21(25)17-12-8-9-13-18(17)22(20)26/h8-9,12-13H,4-7,10-11,14-15H2,1-3H3/q+1. The second-order valence-corrected chi connectivity index (χ2v) is 7.17. The summed E-state index contributed by atoms with van der Waals surface area (Å²) in [5.41, 5.74) is 2.28. The molecule has 0 unspecified atom stereocenters. The molecule has 0 bridgehead atoms. The van der Waals surface area contributed by atoms with Crippen molar-refractivity contribution in [3.63, 3.8) is 0 Å². The van der Waals surface area contributed by atoms with Gasteiger partial charge in [-0.05, 0) is 25.7 Å². The van der Waals surface area contributed by atoms with Crippen LogP contribution in [0.25, 0.3) is 0 Å². The van der Waals surface area contributed by atoms with E-state index in [1.54, 1.807) is 12.1 Å². The van der Waals surface area contributed by atoms with E-state index in [9.17, 15) is 9.59 Å². The summed E-state index contributed by atoms with van der Waals surface area (Å²) in [4.78, 5) is 26.4. The SMILES string of the molecule is CCCCCn1c2c([n+](CCCCC)c1C)C(=O)c1ccccc1C2=O. The Balaban J connectivity index is 2.10. The van der Waals surface area contributed by atoms with Gasteiger partial charge < -0.3 is 0 Å². The van der Waals surface area contributed by atoms with E-state index in [2.05, 4.69) is 23.0 Å². The summed E-state index contributed by atoms with van der Waals surface area (Å²) in [6.45, 7) is 7.98. The number of fused-ring (bicyclic) bond motifs is 2. The molecule has 0 fully saturated rings. The maximum Gasteiger partial charge on any atom is 0.254 e. The Kier molecular flexibility index (Phi) is 5.70. The molecule has 3 rings (SSSR count). The van der Waals surface area contributed by atoms with Crippen molar-refractivity contribution in [1.82, 2.24) is 4.57 Å².